The van der Waals surface area contributed by atoms with Crippen LogP contribution < -0.4 is 0 Å². The smallest absolute Gasteiger partial charge is 0.326 e. The molecule has 0 heterocycles. The normalized spacial score (nSPS) is 17.9. The van der Waals surface area contributed by atoms with Crippen molar-refractivity contribution in [3.63, 3.8) is 0 Å². The fourth-order valence-electron chi connectivity index (χ4n) is 2.48. The maximum absolute atomic E-state index is 12.4. The summed E-state index contributed by atoms with van der Waals surface area (Å²) >= 11 is 4.19. The molecule has 1 aliphatic rings. The van der Waals surface area contributed by atoms with Gasteiger partial charge in [-0.05, 0) is 33.6 Å². The number of rotatable bonds is 5. The number of nitrogens with zero attached hydrogens (tertiary/aromatic N) is 1. The molecule has 0 bridgehead atoms. The minimum atomic E-state index is -0.517. The van der Waals surface area contributed by atoms with Gasteiger partial charge in [0, 0.05) is 17.7 Å². The molecule has 4 nitrogen and oxygen atoms in total. The van der Waals surface area contributed by atoms with Gasteiger partial charge in [0.15, 0.2) is 0 Å². The molecule has 1 fully saturated rings. The Balaban J connectivity index is 2.72. The van der Waals surface area contributed by atoms with E-state index in [1.807, 2.05) is 27.7 Å². The molecule has 20 heavy (non-hydrogen) atoms. The minimum Gasteiger partial charge on any atom is -0.459 e. The highest BCUT2D eigenvalue weighted by Crippen LogP contribution is 2.25. The van der Waals surface area contributed by atoms with Gasteiger partial charge in [0.05, 0.1) is 0 Å². The molecule has 116 valence electrons. The molecule has 0 saturated heterocycles. The highest BCUT2D eigenvalue weighted by Gasteiger charge is 2.31. The molecule has 1 rings (SSSR count). The first-order valence-electron chi connectivity index (χ1n) is 7.38. The van der Waals surface area contributed by atoms with E-state index in [4.69, 9.17) is 4.74 Å². The van der Waals surface area contributed by atoms with Crippen molar-refractivity contribution in [2.45, 2.75) is 65.0 Å². The van der Waals surface area contributed by atoms with Gasteiger partial charge in [0.25, 0.3) is 0 Å². The fraction of sp³-hybridized carbons (Fsp3) is 0.867. The van der Waals surface area contributed by atoms with Gasteiger partial charge in [-0.2, -0.15) is 12.6 Å². The number of carbonyl (C=O) groups excluding carboxylic acids is 2. The molecule has 0 unspecified atom stereocenters. The van der Waals surface area contributed by atoms with E-state index in [2.05, 4.69) is 12.6 Å². The number of amides is 1. The van der Waals surface area contributed by atoms with Gasteiger partial charge in [0.1, 0.15) is 12.1 Å². The second-order valence-corrected chi connectivity index (χ2v) is 6.94. The molecule has 1 atom stereocenters. The molecule has 0 spiro atoms. The first kappa shape index (κ1) is 17.3. The second kappa shape index (κ2) is 7.34. The minimum absolute atomic E-state index is 0.0118. The van der Waals surface area contributed by atoms with Crippen LogP contribution in [0.4, 0.5) is 0 Å². The second-order valence-electron chi connectivity index (χ2n) is 6.57. The van der Waals surface area contributed by atoms with Gasteiger partial charge >= 0.3 is 5.97 Å². The van der Waals surface area contributed by atoms with Crippen molar-refractivity contribution in [1.29, 1.82) is 0 Å². The zero-order chi connectivity index (χ0) is 15.3. The Bertz CT molecular complexity index is 346. The van der Waals surface area contributed by atoms with E-state index >= 15 is 0 Å². The summed E-state index contributed by atoms with van der Waals surface area (Å²) in [4.78, 5) is 26.1. The van der Waals surface area contributed by atoms with Gasteiger partial charge in [-0.15, -0.1) is 0 Å². The van der Waals surface area contributed by atoms with E-state index in [1.54, 1.807) is 4.90 Å². The molecule has 0 aromatic rings. The molecule has 0 aromatic heterocycles. The predicted molar refractivity (Wildman–Crippen MR) is 82.8 cm³/mol. The average Bonchev–Trinajstić information content (AvgIpc) is 2.85. The van der Waals surface area contributed by atoms with Crippen LogP contribution in [-0.2, 0) is 14.3 Å². The van der Waals surface area contributed by atoms with Crippen LogP contribution >= 0.6 is 12.6 Å². The molecule has 0 aliphatic heterocycles. The van der Waals surface area contributed by atoms with Crippen LogP contribution in [0.15, 0.2) is 0 Å². The molecule has 1 saturated carbocycles. The SMILES string of the molecule is C[C@H](CS)C(=O)N(CC(=O)OC(C)(C)C)C1CCCC1. The summed E-state index contributed by atoms with van der Waals surface area (Å²) in [7, 11) is 0. The predicted octanol–water partition coefficient (Wildman–Crippen LogP) is 2.67. The van der Waals surface area contributed by atoms with Crippen LogP contribution in [0.5, 0.6) is 0 Å². The molecule has 1 amide bonds. The lowest BCUT2D eigenvalue weighted by Gasteiger charge is -2.31. The number of ether oxygens (including phenoxy) is 1. The van der Waals surface area contributed by atoms with Crippen LogP contribution in [0.3, 0.4) is 0 Å². The third kappa shape index (κ3) is 5.35. The van der Waals surface area contributed by atoms with E-state index < -0.39 is 5.60 Å². The van der Waals surface area contributed by atoms with Crippen molar-refractivity contribution in [1.82, 2.24) is 4.90 Å². The quantitative estimate of drug-likeness (QED) is 0.627. The van der Waals surface area contributed by atoms with Gasteiger partial charge < -0.3 is 9.64 Å². The molecular weight excluding hydrogens is 274 g/mol. The van der Waals surface area contributed by atoms with Crippen LogP contribution in [0, 0.1) is 5.92 Å². The third-order valence-corrected chi connectivity index (χ3v) is 4.01. The van der Waals surface area contributed by atoms with E-state index in [1.165, 1.54) is 0 Å². The van der Waals surface area contributed by atoms with E-state index in [9.17, 15) is 9.59 Å². The zero-order valence-electron chi connectivity index (χ0n) is 13.0. The first-order valence-corrected chi connectivity index (χ1v) is 8.01. The lowest BCUT2D eigenvalue weighted by molar-refractivity contribution is -0.160. The highest BCUT2D eigenvalue weighted by atomic mass is 32.1. The Hall–Kier alpha value is -0.710. The number of thiol groups is 1. The van der Waals surface area contributed by atoms with Crippen LogP contribution in [-0.4, -0.2) is 40.7 Å². The lowest BCUT2D eigenvalue weighted by Crippen LogP contribution is -2.46. The lowest BCUT2D eigenvalue weighted by atomic mass is 10.1. The monoisotopic (exact) mass is 301 g/mol. The van der Waals surface area contributed by atoms with Crippen molar-refractivity contribution >= 4 is 24.5 Å². The molecule has 1 aliphatic carbocycles. The molecule has 5 heteroatoms. The Morgan fingerprint density at radius 1 is 1.30 bits per heavy atom. The molecule has 0 radical (unpaired) electrons. The number of carbonyl (C=O) groups is 2. The summed E-state index contributed by atoms with van der Waals surface area (Å²) in [6.07, 6.45) is 4.21. The maximum atomic E-state index is 12.4. The van der Waals surface area contributed by atoms with Gasteiger partial charge in [0.2, 0.25) is 5.91 Å². The van der Waals surface area contributed by atoms with Gasteiger partial charge in [-0.25, -0.2) is 0 Å². The van der Waals surface area contributed by atoms with Gasteiger partial charge in [-0.1, -0.05) is 19.8 Å². The number of hydrogen-bond acceptors (Lipinski definition) is 4. The standard InChI is InChI=1S/C15H27NO3S/c1-11(10-20)14(18)16(12-7-5-6-8-12)9-13(17)19-15(2,3)4/h11-12,20H,5-10H2,1-4H3/t11-/m1/s1. The zero-order valence-corrected chi connectivity index (χ0v) is 13.9. The van der Waals surface area contributed by atoms with Crippen molar-refractivity contribution < 1.29 is 14.3 Å². The van der Waals surface area contributed by atoms with Crippen molar-refractivity contribution in [2.24, 2.45) is 5.92 Å². The van der Waals surface area contributed by atoms with E-state index in [0.29, 0.717) is 5.75 Å². The summed E-state index contributed by atoms with van der Waals surface area (Å²) in [5.41, 5.74) is -0.517. The Labute approximate surface area is 127 Å². The van der Waals surface area contributed by atoms with Crippen LogP contribution in [0.25, 0.3) is 0 Å². The Morgan fingerprint density at radius 3 is 2.30 bits per heavy atom. The summed E-state index contributed by atoms with van der Waals surface area (Å²) in [6.45, 7) is 7.42. The third-order valence-electron chi connectivity index (χ3n) is 3.46. The van der Waals surface area contributed by atoms with Crippen molar-refractivity contribution in [3.05, 3.63) is 0 Å². The molecule has 0 N–H and O–H groups in total. The van der Waals surface area contributed by atoms with Gasteiger partial charge in [-0.3, -0.25) is 9.59 Å². The Kier molecular flexibility index (Phi) is 6.37. The molecular formula is C15H27NO3S. The van der Waals surface area contributed by atoms with Crippen molar-refractivity contribution in [2.75, 3.05) is 12.3 Å². The van der Waals surface area contributed by atoms with Crippen LogP contribution in [0.2, 0.25) is 0 Å². The summed E-state index contributed by atoms with van der Waals surface area (Å²) < 4.78 is 5.34. The number of esters is 1. The summed E-state index contributed by atoms with van der Waals surface area (Å²) in [5.74, 6) is 0.0133. The summed E-state index contributed by atoms with van der Waals surface area (Å²) in [6, 6.07) is 0.178. The maximum Gasteiger partial charge on any atom is 0.326 e. The topological polar surface area (TPSA) is 46.6 Å². The Morgan fingerprint density at radius 2 is 1.85 bits per heavy atom. The summed E-state index contributed by atoms with van der Waals surface area (Å²) in [5, 5.41) is 0. The van der Waals surface area contributed by atoms with E-state index in [-0.39, 0.29) is 30.4 Å². The van der Waals surface area contributed by atoms with E-state index in [0.717, 1.165) is 25.7 Å². The number of hydrogen-bond donors (Lipinski definition) is 1. The molecule has 0 aromatic carbocycles. The van der Waals surface area contributed by atoms with Crippen molar-refractivity contribution in [3.8, 4) is 0 Å². The average molecular weight is 301 g/mol. The fourth-order valence-corrected chi connectivity index (χ4v) is 2.63. The highest BCUT2D eigenvalue weighted by molar-refractivity contribution is 7.80. The largest absolute Gasteiger partial charge is 0.459 e. The van der Waals surface area contributed by atoms with Crippen LogP contribution in [0.1, 0.15) is 53.4 Å². The first-order chi connectivity index (χ1) is 9.24.